The van der Waals surface area contributed by atoms with Crippen molar-refractivity contribution in [2.75, 3.05) is 6.61 Å². The van der Waals surface area contributed by atoms with Crippen LogP contribution in [0.5, 0.6) is 0 Å². The topological polar surface area (TPSA) is 143 Å². The third-order valence-electron chi connectivity index (χ3n) is 6.69. The number of esters is 3. The second-order valence-corrected chi connectivity index (χ2v) is 9.71. The van der Waals surface area contributed by atoms with Gasteiger partial charge in [-0.05, 0) is 43.3 Å². The Kier molecular flexibility index (Phi) is 8.12. The highest BCUT2D eigenvalue weighted by molar-refractivity contribution is 5.91. The summed E-state index contributed by atoms with van der Waals surface area (Å²) in [5.74, 6) is -2.21. The van der Waals surface area contributed by atoms with Crippen LogP contribution in [0.3, 0.4) is 0 Å². The lowest BCUT2D eigenvalue weighted by Crippen LogP contribution is -2.49. The Morgan fingerprint density at radius 2 is 1.26 bits per heavy atom. The van der Waals surface area contributed by atoms with Crippen molar-refractivity contribution in [1.29, 1.82) is 0 Å². The van der Waals surface area contributed by atoms with Crippen molar-refractivity contribution in [3.05, 3.63) is 141 Å². The van der Waals surface area contributed by atoms with Gasteiger partial charge in [0.2, 0.25) is 0 Å². The minimum atomic E-state index is -1.61. The first kappa shape index (κ1) is 28.2. The number of carbonyl (C=O) groups excluding carboxylic acids is 3. The molecule has 2 heterocycles. The summed E-state index contributed by atoms with van der Waals surface area (Å²) in [4.78, 5) is 66.1. The zero-order valence-corrected chi connectivity index (χ0v) is 22.4. The molecular weight excluding hydrogens is 544 g/mol. The fourth-order valence-corrected chi connectivity index (χ4v) is 4.57. The molecule has 1 aliphatic heterocycles. The number of nitrogens with zero attached hydrogens (tertiary/aromatic N) is 1. The van der Waals surface area contributed by atoms with E-state index in [-0.39, 0.29) is 16.7 Å². The molecule has 3 aromatic carbocycles. The van der Waals surface area contributed by atoms with E-state index >= 15 is 0 Å². The van der Waals surface area contributed by atoms with Crippen molar-refractivity contribution in [3.8, 4) is 0 Å². The van der Waals surface area contributed by atoms with Crippen LogP contribution in [-0.2, 0) is 18.9 Å². The van der Waals surface area contributed by atoms with Gasteiger partial charge in [0.15, 0.2) is 18.4 Å². The average molecular weight is 571 g/mol. The van der Waals surface area contributed by atoms with Gasteiger partial charge in [-0.15, -0.1) is 0 Å². The molecule has 1 fully saturated rings. The van der Waals surface area contributed by atoms with Crippen LogP contribution in [-0.4, -0.2) is 51.9 Å². The number of rotatable bonds is 8. The van der Waals surface area contributed by atoms with E-state index in [1.54, 1.807) is 78.9 Å². The summed E-state index contributed by atoms with van der Waals surface area (Å²) in [5.41, 5.74) is -2.44. The van der Waals surface area contributed by atoms with E-state index in [1.807, 2.05) is 0 Å². The van der Waals surface area contributed by atoms with E-state index in [0.717, 1.165) is 10.6 Å². The first-order valence-electron chi connectivity index (χ1n) is 13.0. The quantitative estimate of drug-likeness (QED) is 0.250. The maximum absolute atomic E-state index is 13.3. The van der Waals surface area contributed by atoms with Crippen LogP contribution < -0.4 is 11.2 Å². The Bertz CT molecular complexity index is 1690. The van der Waals surface area contributed by atoms with Gasteiger partial charge >= 0.3 is 23.6 Å². The second kappa shape index (κ2) is 12.1. The molecule has 1 N–H and O–H groups in total. The van der Waals surface area contributed by atoms with Gasteiger partial charge in [0, 0.05) is 12.3 Å². The van der Waals surface area contributed by atoms with Crippen molar-refractivity contribution < 1.29 is 33.3 Å². The minimum absolute atomic E-state index is 0.197. The molecule has 214 valence electrons. The normalized spacial score (nSPS) is 21.3. The number of hydrogen-bond acceptors (Lipinski definition) is 9. The van der Waals surface area contributed by atoms with Crippen LogP contribution in [0.25, 0.3) is 0 Å². The van der Waals surface area contributed by atoms with Gasteiger partial charge < -0.3 is 18.9 Å². The summed E-state index contributed by atoms with van der Waals surface area (Å²) in [7, 11) is 0. The van der Waals surface area contributed by atoms with Gasteiger partial charge in [-0.1, -0.05) is 54.6 Å². The summed E-state index contributed by atoms with van der Waals surface area (Å²) >= 11 is 0. The molecule has 0 amide bonds. The molecule has 1 saturated heterocycles. The van der Waals surface area contributed by atoms with Crippen molar-refractivity contribution in [1.82, 2.24) is 9.55 Å². The Balaban J connectivity index is 1.54. The molecule has 1 aromatic heterocycles. The summed E-state index contributed by atoms with van der Waals surface area (Å²) in [6, 6.07) is 25.5. The van der Waals surface area contributed by atoms with E-state index in [2.05, 4.69) is 4.98 Å². The Morgan fingerprint density at radius 3 is 1.79 bits per heavy atom. The van der Waals surface area contributed by atoms with E-state index in [9.17, 15) is 24.0 Å². The fraction of sp³-hybridized carbons (Fsp3) is 0.194. The third-order valence-corrected chi connectivity index (χ3v) is 6.69. The molecule has 4 unspecified atom stereocenters. The lowest BCUT2D eigenvalue weighted by Gasteiger charge is -2.30. The Labute approximate surface area is 239 Å². The lowest BCUT2D eigenvalue weighted by molar-refractivity contribution is -0.122. The first-order chi connectivity index (χ1) is 20.2. The largest absolute Gasteiger partial charge is 0.459 e. The summed E-state index contributed by atoms with van der Waals surface area (Å²) < 4.78 is 24.6. The zero-order chi connectivity index (χ0) is 29.7. The van der Waals surface area contributed by atoms with E-state index in [4.69, 9.17) is 18.9 Å². The van der Waals surface area contributed by atoms with Gasteiger partial charge in [-0.3, -0.25) is 14.3 Å². The predicted octanol–water partition coefficient (Wildman–Crippen LogP) is 3.13. The van der Waals surface area contributed by atoms with Crippen molar-refractivity contribution in [2.45, 2.75) is 31.0 Å². The van der Waals surface area contributed by atoms with E-state index in [0.29, 0.717) is 0 Å². The number of nitrogens with one attached hydrogen (secondary N) is 1. The standard InChI is InChI=1S/C31H26N2O9/c1-31(19-39-27(35)20-11-5-2-6-12-20)25(41-29(37)22-15-9-4-10-16-22)24(40-28(36)21-13-7-3-8-14-21)26(42-31)33-18-17-23(34)32-30(33)38/h2-18,24-26H,19H2,1H3,(H,32,34,38). The maximum Gasteiger partial charge on any atom is 0.338 e. The van der Waals surface area contributed by atoms with Gasteiger partial charge in [0.25, 0.3) is 5.56 Å². The fourth-order valence-electron chi connectivity index (χ4n) is 4.57. The SMILES string of the molecule is CC1(COC(=O)c2ccccc2)OC(n2ccc(=O)[nH]c2=O)C(OC(=O)c2ccccc2)C1OC(=O)c1ccccc1. The molecule has 11 heteroatoms. The highest BCUT2D eigenvalue weighted by Gasteiger charge is 2.58. The molecule has 5 rings (SSSR count). The van der Waals surface area contributed by atoms with Crippen LogP contribution >= 0.6 is 0 Å². The maximum atomic E-state index is 13.3. The molecule has 0 saturated carbocycles. The molecular formula is C31H26N2O9. The highest BCUT2D eigenvalue weighted by Crippen LogP contribution is 2.41. The molecule has 4 atom stereocenters. The van der Waals surface area contributed by atoms with E-state index in [1.165, 1.54) is 25.3 Å². The number of H-pyrrole nitrogens is 1. The van der Waals surface area contributed by atoms with Crippen molar-refractivity contribution >= 4 is 17.9 Å². The van der Waals surface area contributed by atoms with Gasteiger partial charge in [-0.2, -0.15) is 0 Å². The molecule has 0 spiro atoms. The van der Waals surface area contributed by atoms with Gasteiger partial charge in [0.05, 0.1) is 16.7 Å². The Morgan fingerprint density at radius 1 is 0.762 bits per heavy atom. The summed E-state index contributed by atoms with van der Waals surface area (Å²) in [5, 5.41) is 0. The van der Waals surface area contributed by atoms with Crippen LogP contribution in [0.15, 0.2) is 113 Å². The van der Waals surface area contributed by atoms with Crippen molar-refractivity contribution in [2.24, 2.45) is 0 Å². The molecule has 11 nitrogen and oxygen atoms in total. The molecule has 0 aliphatic carbocycles. The second-order valence-electron chi connectivity index (χ2n) is 9.71. The number of aromatic nitrogens is 2. The monoisotopic (exact) mass is 570 g/mol. The first-order valence-corrected chi connectivity index (χ1v) is 13.0. The summed E-state index contributed by atoms with van der Waals surface area (Å²) in [6.45, 7) is 1.07. The van der Waals surface area contributed by atoms with Gasteiger partial charge in [-0.25, -0.2) is 19.2 Å². The molecule has 0 bridgehead atoms. The summed E-state index contributed by atoms with van der Waals surface area (Å²) in [6.07, 6.45) is -2.98. The molecule has 42 heavy (non-hydrogen) atoms. The average Bonchev–Trinajstić information content (AvgIpc) is 3.27. The van der Waals surface area contributed by atoms with Crippen molar-refractivity contribution in [3.63, 3.8) is 0 Å². The van der Waals surface area contributed by atoms with E-state index < -0.39 is 59.8 Å². The number of ether oxygens (including phenoxy) is 4. The van der Waals surface area contributed by atoms with Crippen LogP contribution in [0.1, 0.15) is 44.2 Å². The Hall–Kier alpha value is -5.29. The predicted molar refractivity (Wildman–Crippen MR) is 148 cm³/mol. The third kappa shape index (κ3) is 6.06. The molecule has 1 aliphatic rings. The zero-order valence-electron chi connectivity index (χ0n) is 22.4. The minimum Gasteiger partial charge on any atom is -0.459 e. The molecule has 4 aromatic rings. The smallest absolute Gasteiger partial charge is 0.338 e. The number of aromatic amines is 1. The lowest BCUT2D eigenvalue weighted by atomic mass is 9.97. The number of carbonyl (C=O) groups is 3. The van der Waals surface area contributed by atoms with Crippen LogP contribution in [0.4, 0.5) is 0 Å². The van der Waals surface area contributed by atoms with Gasteiger partial charge in [0.1, 0.15) is 12.2 Å². The molecule has 0 radical (unpaired) electrons. The number of hydrogen-bond donors (Lipinski definition) is 1. The van der Waals surface area contributed by atoms with Crippen LogP contribution in [0, 0.1) is 0 Å². The number of benzene rings is 3. The highest BCUT2D eigenvalue weighted by atomic mass is 16.7. The van der Waals surface area contributed by atoms with Crippen LogP contribution in [0.2, 0.25) is 0 Å².